The van der Waals surface area contributed by atoms with Crippen molar-refractivity contribution >= 4 is 10.8 Å². The first kappa shape index (κ1) is 19.7. The van der Waals surface area contributed by atoms with Crippen molar-refractivity contribution in [3.63, 3.8) is 0 Å². The summed E-state index contributed by atoms with van der Waals surface area (Å²) in [6, 6.07) is 18.5. The maximum Gasteiger partial charge on any atom is 0 e. The molecule has 26 heavy (non-hydrogen) atoms. The standard InChI is InChI=1S/C25H29.Zr/c1-18-12-19(2)14-22(13-18)23-9-7-8-21-15-20(16-24(21)23)17-25(3)10-5-4-6-11-25;/h7-9,12-16H,4-6,10-11,17H2,1-3H3;/q-1;. The van der Waals surface area contributed by atoms with E-state index in [4.69, 9.17) is 0 Å². The molecule has 1 fully saturated rings. The first-order valence-electron chi connectivity index (χ1n) is 9.79. The van der Waals surface area contributed by atoms with Gasteiger partial charge in [0.15, 0.2) is 0 Å². The largest absolute Gasteiger partial charge is 0.164 e. The summed E-state index contributed by atoms with van der Waals surface area (Å²) in [5.41, 5.74) is 7.44. The van der Waals surface area contributed by atoms with Crippen LogP contribution >= 0.6 is 0 Å². The minimum Gasteiger partial charge on any atom is -0.164 e. The Labute approximate surface area is 177 Å². The summed E-state index contributed by atoms with van der Waals surface area (Å²) >= 11 is 0. The Kier molecular flexibility index (Phi) is 5.98. The van der Waals surface area contributed by atoms with Gasteiger partial charge in [-0.05, 0) is 44.1 Å². The summed E-state index contributed by atoms with van der Waals surface area (Å²) < 4.78 is 0. The number of hydrogen-bond acceptors (Lipinski definition) is 0. The molecule has 1 aliphatic rings. The summed E-state index contributed by atoms with van der Waals surface area (Å²) in [5.74, 6) is 0. The average molecular weight is 421 g/mol. The molecule has 134 valence electrons. The van der Waals surface area contributed by atoms with E-state index >= 15 is 0 Å². The van der Waals surface area contributed by atoms with Crippen LogP contribution in [0.2, 0.25) is 0 Å². The van der Waals surface area contributed by atoms with Gasteiger partial charge in [0.2, 0.25) is 0 Å². The van der Waals surface area contributed by atoms with E-state index in [2.05, 4.69) is 69.3 Å². The summed E-state index contributed by atoms with van der Waals surface area (Å²) in [6.07, 6.45) is 8.25. The van der Waals surface area contributed by atoms with E-state index in [1.807, 2.05) is 0 Å². The molecule has 0 aliphatic heterocycles. The molecule has 0 heterocycles. The molecule has 0 amide bonds. The van der Waals surface area contributed by atoms with Gasteiger partial charge in [0.1, 0.15) is 0 Å². The molecule has 0 radical (unpaired) electrons. The first-order chi connectivity index (χ1) is 12.0. The van der Waals surface area contributed by atoms with Crippen molar-refractivity contribution in [3.8, 4) is 11.1 Å². The molecule has 0 bridgehead atoms. The molecule has 0 atom stereocenters. The molecular weight excluding hydrogens is 391 g/mol. The average Bonchev–Trinajstić information content (AvgIpc) is 2.95. The van der Waals surface area contributed by atoms with Gasteiger partial charge in [-0.3, -0.25) is 0 Å². The van der Waals surface area contributed by atoms with Crippen molar-refractivity contribution in [2.45, 2.75) is 59.3 Å². The van der Waals surface area contributed by atoms with Crippen molar-refractivity contribution in [3.05, 3.63) is 65.2 Å². The van der Waals surface area contributed by atoms with Gasteiger partial charge in [-0.1, -0.05) is 67.1 Å². The van der Waals surface area contributed by atoms with Crippen LogP contribution in [-0.2, 0) is 32.6 Å². The van der Waals surface area contributed by atoms with E-state index in [1.54, 1.807) is 0 Å². The molecule has 0 unspecified atom stereocenters. The second-order valence-corrected chi connectivity index (χ2v) is 8.60. The number of aryl methyl sites for hydroxylation is 2. The van der Waals surface area contributed by atoms with Crippen molar-refractivity contribution in [1.82, 2.24) is 0 Å². The van der Waals surface area contributed by atoms with Gasteiger partial charge in [0, 0.05) is 26.2 Å². The molecule has 1 aliphatic carbocycles. The van der Waals surface area contributed by atoms with E-state index in [0.29, 0.717) is 5.41 Å². The Balaban J connectivity index is 0.00000196. The van der Waals surface area contributed by atoms with Crippen LogP contribution in [-0.4, -0.2) is 0 Å². The molecule has 1 heteroatoms. The van der Waals surface area contributed by atoms with Crippen molar-refractivity contribution < 1.29 is 26.2 Å². The monoisotopic (exact) mass is 419 g/mol. The molecule has 4 rings (SSSR count). The number of rotatable bonds is 3. The zero-order valence-corrected chi connectivity index (χ0v) is 18.8. The van der Waals surface area contributed by atoms with E-state index in [-0.39, 0.29) is 26.2 Å². The third-order valence-electron chi connectivity index (χ3n) is 6.03. The van der Waals surface area contributed by atoms with Crippen LogP contribution in [0.4, 0.5) is 0 Å². The Hall–Kier alpha value is -1.07. The zero-order valence-electron chi connectivity index (χ0n) is 16.4. The van der Waals surface area contributed by atoms with Crippen LogP contribution in [0.3, 0.4) is 0 Å². The second-order valence-electron chi connectivity index (χ2n) is 8.60. The van der Waals surface area contributed by atoms with Gasteiger partial charge in [0.05, 0.1) is 0 Å². The summed E-state index contributed by atoms with van der Waals surface area (Å²) in [5, 5.41) is 2.81. The van der Waals surface area contributed by atoms with Gasteiger partial charge in [-0.2, -0.15) is 6.07 Å². The molecule has 3 aromatic carbocycles. The van der Waals surface area contributed by atoms with Crippen molar-refractivity contribution in [2.75, 3.05) is 0 Å². The molecule has 0 N–H and O–H groups in total. The van der Waals surface area contributed by atoms with E-state index < -0.39 is 0 Å². The molecule has 3 aromatic rings. The second kappa shape index (κ2) is 7.89. The number of benzene rings is 2. The normalized spacial score (nSPS) is 16.4. The minimum atomic E-state index is 0. The molecule has 0 nitrogen and oxygen atoms in total. The number of hydrogen-bond donors (Lipinski definition) is 0. The predicted octanol–water partition coefficient (Wildman–Crippen LogP) is 7.35. The maximum atomic E-state index is 2.49. The molecule has 0 spiro atoms. The SMILES string of the molecule is Cc1cc(C)cc(-c2cccc3[cH-]c(CC4(C)CCCCC4)cc23)c1.[Zr]. The smallest absolute Gasteiger partial charge is 0 e. The molecule has 0 saturated heterocycles. The van der Waals surface area contributed by atoms with Gasteiger partial charge >= 0.3 is 0 Å². The number of fused-ring (bicyclic) bond motifs is 1. The maximum absolute atomic E-state index is 2.49. The third kappa shape index (κ3) is 4.09. The van der Waals surface area contributed by atoms with Gasteiger partial charge < -0.3 is 0 Å². The summed E-state index contributed by atoms with van der Waals surface area (Å²) in [6.45, 7) is 6.88. The summed E-state index contributed by atoms with van der Waals surface area (Å²) in [7, 11) is 0. The van der Waals surface area contributed by atoms with Gasteiger partial charge in [0.25, 0.3) is 0 Å². The van der Waals surface area contributed by atoms with Crippen molar-refractivity contribution in [1.29, 1.82) is 0 Å². The minimum absolute atomic E-state index is 0. The fraction of sp³-hybridized carbons (Fsp3) is 0.400. The van der Waals surface area contributed by atoms with Gasteiger partial charge in [-0.25, -0.2) is 0 Å². The van der Waals surface area contributed by atoms with Crippen molar-refractivity contribution in [2.24, 2.45) is 5.41 Å². The van der Waals surface area contributed by atoms with E-state index in [1.165, 1.54) is 77.1 Å². The molecular formula is C25H29Zr-. The van der Waals surface area contributed by atoms with Gasteiger partial charge in [-0.15, -0.1) is 34.5 Å². The fourth-order valence-corrected chi connectivity index (χ4v) is 4.86. The Morgan fingerprint density at radius 1 is 0.923 bits per heavy atom. The Morgan fingerprint density at radius 3 is 2.31 bits per heavy atom. The van der Waals surface area contributed by atoms with Crippen LogP contribution in [0.25, 0.3) is 21.9 Å². The Bertz CT molecular complexity index is 873. The van der Waals surface area contributed by atoms with Crippen LogP contribution in [0.1, 0.15) is 55.7 Å². The van der Waals surface area contributed by atoms with Crippen LogP contribution in [0, 0.1) is 19.3 Å². The topological polar surface area (TPSA) is 0 Å². The predicted molar refractivity (Wildman–Crippen MR) is 109 cm³/mol. The van der Waals surface area contributed by atoms with Crippen LogP contribution < -0.4 is 0 Å². The van der Waals surface area contributed by atoms with Crippen LogP contribution in [0.15, 0.2) is 48.5 Å². The Morgan fingerprint density at radius 2 is 1.62 bits per heavy atom. The fourth-order valence-electron chi connectivity index (χ4n) is 4.86. The third-order valence-corrected chi connectivity index (χ3v) is 6.03. The van der Waals surface area contributed by atoms with Crippen LogP contribution in [0.5, 0.6) is 0 Å². The molecule has 0 aromatic heterocycles. The molecule has 1 saturated carbocycles. The van der Waals surface area contributed by atoms with E-state index in [9.17, 15) is 0 Å². The zero-order chi connectivity index (χ0) is 17.4. The summed E-state index contributed by atoms with van der Waals surface area (Å²) in [4.78, 5) is 0. The quantitative estimate of drug-likeness (QED) is 0.388. The first-order valence-corrected chi connectivity index (χ1v) is 9.79. The van der Waals surface area contributed by atoms with E-state index in [0.717, 1.165) is 0 Å².